The number of pyridine rings is 1. The van der Waals surface area contributed by atoms with E-state index in [-0.39, 0.29) is 0 Å². The molecule has 0 spiro atoms. The van der Waals surface area contributed by atoms with Gasteiger partial charge in [-0.3, -0.25) is 16.3 Å². The van der Waals surface area contributed by atoms with Crippen LogP contribution in [0.4, 0.5) is 0 Å². The molecular weight excluding hydrogens is 242 g/mol. The summed E-state index contributed by atoms with van der Waals surface area (Å²) in [4.78, 5) is 5.45. The molecule has 0 aliphatic carbocycles. The monoisotopic (exact) mass is 261 g/mol. The number of rotatable bonds is 7. The summed E-state index contributed by atoms with van der Waals surface area (Å²) in [7, 11) is 0. The smallest absolute Gasteiger partial charge is 0.0270 e. The fourth-order valence-electron chi connectivity index (χ4n) is 1.97. The topological polar surface area (TPSA) is 50.9 Å². The van der Waals surface area contributed by atoms with Crippen molar-refractivity contribution in [2.45, 2.75) is 31.7 Å². The van der Waals surface area contributed by atoms with Crippen LogP contribution in [0.2, 0.25) is 0 Å². The summed E-state index contributed by atoms with van der Waals surface area (Å²) >= 11 is 1.81. The minimum atomic E-state index is 0.375. The number of thiophene rings is 1. The number of hydrazine groups is 1. The molecular formula is C14H19N3S. The van der Waals surface area contributed by atoms with Gasteiger partial charge in [-0.05, 0) is 54.8 Å². The zero-order valence-electron chi connectivity index (χ0n) is 10.4. The van der Waals surface area contributed by atoms with Gasteiger partial charge in [0.15, 0.2) is 0 Å². The molecule has 1 unspecified atom stereocenters. The zero-order valence-corrected chi connectivity index (χ0v) is 11.2. The standard InChI is InChI=1S/C14H19N3S/c15-17-13(5-6-14-2-1-11-18-14)4-3-12-7-9-16-10-8-12/h1-2,7-11,13,17H,3-6,15H2. The summed E-state index contributed by atoms with van der Waals surface area (Å²) in [6.45, 7) is 0. The maximum Gasteiger partial charge on any atom is 0.0270 e. The zero-order chi connectivity index (χ0) is 12.6. The molecule has 0 aliphatic rings. The van der Waals surface area contributed by atoms with Gasteiger partial charge in [-0.15, -0.1) is 11.3 Å². The lowest BCUT2D eigenvalue weighted by Crippen LogP contribution is -2.35. The summed E-state index contributed by atoms with van der Waals surface area (Å²) in [5.41, 5.74) is 4.24. The number of aryl methyl sites for hydroxylation is 2. The molecule has 0 amide bonds. The lowest BCUT2D eigenvalue weighted by Gasteiger charge is -2.15. The molecule has 0 saturated carbocycles. The van der Waals surface area contributed by atoms with Gasteiger partial charge in [-0.2, -0.15) is 0 Å². The molecule has 96 valence electrons. The van der Waals surface area contributed by atoms with Crippen LogP contribution in [-0.4, -0.2) is 11.0 Å². The van der Waals surface area contributed by atoms with Crippen LogP contribution in [-0.2, 0) is 12.8 Å². The fraction of sp³-hybridized carbons (Fsp3) is 0.357. The van der Waals surface area contributed by atoms with E-state index < -0.39 is 0 Å². The van der Waals surface area contributed by atoms with Crippen LogP contribution in [0.15, 0.2) is 42.0 Å². The van der Waals surface area contributed by atoms with Crippen molar-refractivity contribution in [1.82, 2.24) is 10.4 Å². The number of nitrogens with zero attached hydrogens (tertiary/aromatic N) is 1. The van der Waals surface area contributed by atoms with Crippen molar-refractivity contribution in [3.8, 4) is 0 Å². The highest BCUT2D eigenvalue weighted by Crippen LogP contribution is 2.14. The Bertz CT molecular complexity index is 428. The van der Waals surface area contributed by atoms with Crippen molar-refractivity contribution in [3.63, 3.8) is 0 Å². The Labute approximate surface area is 112 Å². The largest absolute Gasteiger partial charge is 0.271 e. The normalized spacial score (nSPS) is 12.5. The third kappa shape index (κ3) is 4.22. The summed E-state index contributed by atoms with van der Waals surface area (Å²) in [6, 6.07) is 8.78. The van der Waals surface area contributed by atoms with Crippen LogP contribution >= 0.6 is 11.3 Å². The highest BCUT2D eigenvalue weighted by molar-refractivity contribution is 7.09. The van der Waals surface area contributed by atoms with E-state index in [4.69, 9.17) is 5.84 Å². The first-order valence-electron chi connectivity index (χ1n) is 6.26. The second kappa shape index (κ2) is 7.26. The first-order valence-corrected chi connectivity index (χ1v) is 7.14. The number of aromatic nitrogens is 1. The maximum absolute atomic E-state index is 5.62. The summed E-state index contributed by atoms with van der Waals surface area (Å²) in [5, 5.41) is 2.12. The van der Waals surface area contributed by atoms with Crippen molar-refractivity contribution in [2.24, 2.45) is 5.84 Å². The van der Waals surface area contributed by atoms with Crippen LogP contribution in [0.1, 0.15) is 23.3 Å². The second-order valence-electron chi connectivity index (χ2n) is 4.38. The van der Waals surface area contributed by atoms with Crippen molar-refractivity contribution >= 4 is 11.3 Å². The van der Waals surface area contributed by atoms with Crippen LogP contribution in [0.3, 0.4) is 0 Å². The Balaban J connectivity index is 1.75. The number of nitrogens with two attached hydrogens (primary N) is 1. The van der Waals surface area contributed by atoms with E-state index in [1.54, 1.807) is 0 Å². The minimum absolute atomic E-state index is 0.375. The molecule has 2 aromatic rings. The van der Waals surface area contributed by atoms with Crippen molar-refractivity contribution in [1.29, 1.82) is 0 Å². The van der Waals surface area contributed by atoms with E-state index in [1.807, 2.05) is 23.7 Å². The molecule has 3 nitrogen and oxygen atoms in total. The van der Waals surface area contributed by atoms with Gasteiger partial charge in [0.05, 0.1) is 0 Å². The SMILES string of the molecule is NNC(CCc1ccncc1)CCc1cccs1. The Kier molecular flexibility index (Phi) is 5.33. The van der Waals surface area contributed by atoms with Crippen LogP contribution < -0.4 is 11.3 Å². The molecule has 2 aromatic heterocycles. The average Bonchev–Trinajstić information content (AvgIpc) is 2.93. The molecule has 3 N–H and O–H groups in total. The van der Waals surface area contributed by atoms with Crippen molar-refractivity contribution in [3.05, 3.63) is 52.5 Å². The van der Waals surface area contributed by atoms with E-state index >= 15 is 0 Å². The molecule has 0 fully saturated rings. The van der Waals surface area contributed by atoms with E-state index in [0.29, 0.717) is 6.04 Å². The number of hydrogen-bond donors (Lipinski definition) is 2. The second-order valence-corrected chi connectivity index (χ2v) is 5.41. The van der Waals surface area contributed by atoms with E-state index in [0.717, 1.165) is 25.7 Å². The van der Waals surface area contributed by atoms with Gasteiger partial charge in [-0.1, -0.05) is 6.07 Å². The van der Waals surface area contributed by atoms with Gasteiger partial charge >= 0.3 is 0 Å². The molecule has 0 saturated heterocycles. The predicted octanol–water partition coefficient (Wildman–Crippen LogP) is 2.54. The summed E-state index contributed by atoms with van der Waals surface area (Å²) < 4.78 is 0. The van der Waals surface area contributed by atoms with Gasteiger partial charge in [0.25, 0.3) is 0 Å². The Morgan fingerprint density at radius 1 is 1.17 bits per heavy atom. The quantitative estimate of drug-likeness (QED) is 0.595. The van der Waals surface area contributed by atoms with Crippen molar-refractivity contribution < 1.29 is 0 Å². The van der Waals surface area contributed by atoms with E-state index in [9.17, 15) is 0 Å². The van der Waals surface area contributed by atoms with E-state index in [1.165, 1.54) is 10.4 Å². The van der Waals surface area contributed by atoms with Crippen LogP contribution in [0, 0.1) is 0 Å². The summed E-state index contributed by atoms with van der Waals surface area (Å²) in [6.07, 6.45) is 7.97. The number of hydrogen-bond acceptors (Lipinski definition) is 4. The fourth-order valence-corrected chi connectivity index (χ4v) is 2.70. The molecule has 18 heavy (non-hydrogen) atoms. The molecule has 0 aliphatic heterocycles. The predicted molar refractivity (Wildman–Crippen MR) is 76.3 cm³/mol. The first kappa shape index (κ1) is 13.2. The first-order chi connectivity index (χ1) is 8.88. The molecule has 2 heterocycles. The maximum atomic E-state index is 5.62. The number of nitrogens with one attached hydrogen (secondary N) is 1. The third-order valence-electron chi connectivity index (χ3n) is 3.09. The highest BCUT2D eigenvalue weighted by atomic mass is 32.1. The lowest BCUT2D eigenvalue weighted by atomic mass is 10.0. The highest BCUT2D eigenvalue weighted by Gasteiger charge is 2.07. The minimum Gasteiger partial charge on any atom is -0.271 e. The Morgan fingerprint density at radius 2 is 1.94 bits per heavy atom. The molecule has 1 atom stereocenters. The lowest BCUT2D eigenvalue weighted by molar-refractivity contribution is 0.465. The third-order valence-corrected chi connectivity index (χ3v) is 4.02. The van der Waals surface area contributed by atoms with Crippen LogP contribution in [0.5, 0.6) is 0 Å². The molecule has 2 rings (SSSR count). The summed E-state index contributed by atoms with van der Waals surface area (Å²) in [5.74, 6) is 5.62. The molecule has 4 heteroatoms. The van der Waals surface area contributed by atoms with Gasteiger partial charge in [0.1, 0.15) is 0 Å². The van der Waals surface area contributed by atoms with Gasteiger partial charge < -0.3 is 0 Å². The average molecular weight is 261 g/mol. The molecule has 0 radical (unpaired) electrons. The Hall–Kier alpha value is -1.23. The van der Waals surface area contributed by atoms with Crippen LogP contribution in [0.25, 0.3) is 0 Å². The Morgan fingerprint density at radius 3 is 2.61 bits per heavy atom. The van der Waals surface area contributed by atoms with Gasteiger partial charge in [-0.25, -0.2) is 0 Å². The van der Waals surface area contributed by atoms with E-state index in [2.05, 4.69) is 40.1 Å². The van der Waals surface area contributed by atoms with Crippen molar-refractivity contribution in [2.75, 3.05) is 0 Å². The van der Waals surface area contributed by atoms with Gasteiger partial charge in [0, 0.05) is 23.3 Å². The van der Waals surface area contributed by atoms with Gasteiger partial charge in [0.2, 0.25) is 0 Å². The molecule has 0 bridgehead atoms. The molecule has 0 aromatic carbocycles.